The van der Waals surface area contributed by atoms with E-state index in [-0.39, 0.29) is 0 Å². The van der Waals surface area contributed by atoms with Crippen molar-refractivity contribution in [1.82, 2.24) is 0 Å². The number of nitriles is 1. The lowest BCUT2D eigenvalue weighted by Gasteiger charge is -2.11. The molecule has 0 aliphatic heterocycles. The van der Waals surface area contributed by atoms with Crippen molar-refractivity contribution in [3.05, 3.63) is 29.3 Å². The van der Waals surface area contributed by atoms with Crippen LogP contribution in [0.25, 0.3) is 0 Å². The van der Waals surface area contributed by atoms with Gasteiger partial charge in [-0.15, -0.1) is 0 Å². The first-order valence-electron chi connectivity index (χ1n) is 6.23. The molecule has 1 aromatic carbocycles. The molecule has 0 N–H and O–H groups in total. The van der Waals surface area contributed by atoms with Gasteiger partial charge in [-0.25, -0.2) is 0 Å². The number of ether oxygens (including phenoxy) is 1. The maximum atomic E-state index is 12.6. The van der Waals surface area contributed by atoms with Gasteiger partial charge in [-0.3, -0.25) is 0 Å². The third-order valence-electron chi connectivity index (χ3n) is 2.68. The number of hydrogen-bond donors (Lipinski definition) is 0. The second kappa shape index (κ2) is 7.03. The highest BCUT2D eigenvalue weighted by atomic mass is 19.4. The van der Waals surface area contributed by atoms with Crippen molar-refractivity contribution < 1.29 is 17.9 Å². The van der Waals surface area contributed by atoms with Crippen molar-refractivity contribution in [2.45, 2.75) is 38.8 Å². The minimum atomic E-state index is -4.51. The highest BCUT2D eigenvalue weighted by Gasteiger charge is 2.33. The van der Waals surface area contributed by atoms with Crippen LogP contribution in [0.4, 0.5) is 13.2 Å². The van der Waals surface area contributed by atoms with Gasteiger partial charge in [0.15, 0.2) is 0 Å². The summed E-state index contributed by atoms with van der Waals surface area (Å²) in [5, 5.41) is 8.74. The van der Waals surface area contributed by atoms with Crippen LogP contribution >= 0.6 is 0 Å². The first-order valence-corrected chi connectivity index (χ1v) is 6.23. The van der Waals surface area contributed by atoms with Gasteiger partial charge in [-0.1, -0.05) is 26.2 Å². The van der Waals surface area contributed by atoms with E-state index in [9.17, 15) is 13.2 Å². The second-order valence-corrected chi connectivity index (χ2v) is 4.23. The topological polar surface area (TPSA) is 33.0 Å². The Morgan fingerprint density at radius 2 is 1.95 bits per heavy atom. The van der Waals surface area contributed by atoms with Crippen LogP contribution in [-0.2, 0) is 6.18 Å². The summed E-state index contributed by atoms with van der Waals surface area (Å²) in [6, 6.07) is 4.84. The number of rotatable bonds is 6. The summed E-state index contributed by atoms with van der Waals surface area (Å²) < 4.78 is 43.0. The summed E-state index contributed by atoms with van der Waals surface area (Å²) >= 11 is 0. The Bertz CT molecular complexity index is 449. The van der Waals surface area contributed by atoms with Crippen molar-refractivity contribution in [2.75, 3.05) is 6.61 Å². The van der Waals surface area contributed by atoms with Crippen LogP contribution in [0.1, 0.15) is 43.7 Å². The number of hydrogen-bond acceptors (Lipinski definition) is 2. The molecular weight excluding hydrogens is 255 g/mol. The smallest absolute Gasteiger partial charge is 0.417 e. The number of nitrogens with zero attached hydrogens (tertiary/aromatic N) is 1. The van der Waals surface area contributed by atoms with E-state index in [1.54, 1.807) is 6.07 Å². The van der Waals surface area contributed by atoms with Gasteiger partial charge in [0.2, 0.25) is 0 Å². The van der Waals surface area contributed by atoms with E-state index in [0.717, 1.165) is 37.8 Å². The van der Waals surface area contributed by atoms with Crippen LogP contribution < -0.4 is 4.74 Å². The Labute approximate surface area is 110 Å². The standard InChI is InChI=1S/C14H16F3NO/c1-2-3-4-5-8-19-12-6-7-13(14(15,16)17)11(9-12)10-18/h6-7,9H,2-5,8H2,1H3. The fourth-order valence-corrected chi connectivity index (χ4v) is 1.67. The first kappa shape index (κ1) is 15.4. The molecule has 0 fully saturated rings. The summed E-state index contributed by atoms with van der Waals surface area (Å²) in [4.78, 5) is 0. The Hall–Kier alpha value is -1.70. The molecule has 0 spiro atoms. The van der Waals surface area contributed by atoms with Crippen molar-refractivity contribution in [1.29, 1.82) is 5.26 Å². The molecule has 0 radical (unpaired) electrons. The summed E-state index contributed by atoms with van der Waals surface area (Å²) in [5.41, 5.74) is -1.33. The van der Waals surface area contributed by atoms with Gasteiger partial charge in [0, 0.05) is 0 Å². The molecule has 0 heterocycles. The average Bonchev–Trinajstić information content (AvgIpc) is 2.37. The van der Waals surface area contributed by atoms with Crippen LogP contribution in [0.5, 0.6) is 5.75 Å². The Morgan fingerprint density at radius 1 is 1.21 bits per heavy atom. The zero-order valence-electron chi connectivity index (χ0n) is 10.8. The van der Waals surface area contributed by atoms with Crippen LogP contribution in [-0.4, -0.2) is 6.61 Å². The molecule has 0 aliphatic rings. The molecular formula is C14H16F3NO. The second-order valence-electron chi connectivity index (χ2n) is 4.23. The SMILES string of the molecule is CCCCCCOc1ccc(C(F)(F)F)c(C#N)c1. The van der Waals surface area contributed by atoms with Gasteiger partial charge in [0.05, 0.1) is 23.8 Å². The Kier molecular flexibility index (Phi) is 5.68. The highest BCUT2D eigenvalue weighted by molar-refractivity contribution is 5.44. The summed E-state index contributed by atoms with van der Waals surface area (Å²) in [6.45, 7) is 2.55. The van der Waals surface area contributed by atoms with Gasteiger partial charge < -0.3 is 4.74 Å². The molecule has 2 nitrogen and oxygen atoms in total. The van der Waals surface area contributed by atoms with Gasteiger partial charge in [0.25, 0.3) is 0 Å². The number of benzene rings is 1. The van der Waals surface area contributed by atoms with E-state index in [1.165, 1.54) is 6.07 Å². The molecule has 1 aromatic rings. The molecule has 104 valence electrons. The van der Waals surface area contributed by atoms with E-state index in [4.69, 9.17) is 10.00 Å². The largest absolute Gasteiger partial charge is 0.494 e. The quantitative estimate of drug-likeness (QED) is 0.712. The maximum absolute atomic E-state index is 12.6. The third-order valence-corrected chi connectivity index (χ3v) is 2.68. The van der Waals surface area contributed by atoms with Crippen molar-refractivity contribution >= 4 is 0 Å². The summed E-state index contributed by atoms with van der Waals surface area (Å²) in [5.74, 6) is 0.307. The lowest BCUT2D eigenvalue weighted by molar-refractivity contribution is -0.137. The van der Waals surface area contributed by atoms with Crippen LogP contribution in [0.15, 0.2) is 18.2 Å². The van der Waals surface area contributed by atoms with Crippen LogP contribution in [0.2, 0.25) is 0 Å². The van der Waals surface area contributed by atoms with E-state index in [0.29, 0.717) is 12.4 Å². The first-order chi connectivity index (χ1) is 8.99. The lowest BCUT2D eigenvalue weighted by atomic mass is 10.1. The Balaban J connectivity index is 2.65. The van der Waals surface area contributed by atoms with Crippen molar-refractivity contribution in [3.63, 3.8) is 0 Å². The number of alkyl halides is 3. The maximum Gasteiger partial charge on any atom is 0.417 e. The monoisotopic (exact) mass is 271 g/mol. The summed E-state index contributed by atoms with van der Waals surface area (Å²) in [6.07, 6.45) is -0.400. The molecule has 0 aliphatic carbocycles. The molecule has 0 amide bonds. The Morgan fingerprint density at radius 3 is 2.53 bits per heavy atom. The molecule has 0 atom stereocenters. The lowest BCUT2D eigenvalue weighted by Crippen LogP contribution is -2.08. The van der Waals surface area contributed by atoms with Crippen molar-refractivity contribution in [2.24, 2.45) is 0 Å². The number of halogens is 3. The van der Waals surface area contributed by atoms with E-state index in [1.807, 2.05) is 0 Å². The average molecular weight is 271 g/mol. The zero-order chi connectivity index (χ0) is 14.3. The zero-order valence-corrected chi connectivity index (χ0v) is 10.8. The fraction of sp³-hybridized carbons (Fsp3) is 0.500. The molecule has 0 saturated heterocycles. The normalized spacial score (nSPS) is 11.1. The van der Waals surface area contributed by atoms with E-state index < -0.39 is 17.3 Å². The fourth-order valence-electron chi connectivity index (χ4n) is 1.67. The van der Waals surface area contributed by atoms with Gasteiger partial charge in [0.1, 0.15) is 5.75 Å². The van der Waals surface area contributed by atoms with E-state index in [2.05, 4.69) is 6.92 Å². The third kappa shape index (κ3) is 4.82. The molecule has 0 saturated carbocycles. The van der Waals surface area contributed by atoms with Gasteiger partial charge >= 0.3 is 6.18 Å². The van der Waals surface area contributed by atoms with Gasteiger partial charge in [-0.05, 0) is 24.6 Å². The molecule has 19 heavy (non-hydrogen) atoms. The van der Waals surface area contributed by atoms with Crippen LogP contribution in [0.3, 0.4) is 0 Å². The molecule has 0 unspecified atom stereocenters. The minimum Gasteiger partial charge on any atom is -0.494 e. The molecule has 1 rings (SSSR count). The number of unbranched alkanes of at least 4 members (excludes halogenated alkanes) is 3. The van der Waals surface area contributed by atoms with Gasteiger partial charge in [-0.2, -0.15) is 18.4 Å². The predicted molar refractivity (Wildman–Crippen MR) is 65.8 cm³/mol. The van der Waals surface area contributed by atoms with Crippen LogP contribution in [0, 0.1) is 11.3 Å². The predicted octanol–water partition coefficient (Wildman–Crippen LogP) is 4.54. The van der Waals surface area contributed by atoms with E-state index >= 15 is 0 Å². The molecule has 0 aromatic heterocycles. The molecule has 0 bridgehead atoms. The van der Waals surface area contributed by atoms with Crippen molar-refractivity contribution in [3.8, 4) is 11.8 Å². The minimum absolute atomic E-state index is 0.307. The summed E-state index contributed by atoms with van der Waals surface area (Å²) in [7, 11) is 0. The highest BCUT2D eigenvalue weighted by Crippen LogP contribution is 2.33. The molecule has 5 heteroatoms.